The van der Waals surface area contributed by atoms with Gasteiger partial charge in [-0.3, -0.25) is 9.59 Å². The summed E-state index contributed by atoms with van der Waals surface area (Å²) in [7, 11) is 1.58. The summed E-state index contributed by atoms with van der Waals surface area (Å²) >= 11 is 0. The molecule has 0 spiro atoms. The maximum absolute atomic E-state index is 12.8. The van der Waals surface area contributed by atoms with Gasteiger partial charge in [0.2, 0.25) is 0 Å². The number of hydrogen-bond donors (Lipinski definition) is 1. The minimum atomic E-state index is -0.192. The number of aryl methyl sites for hydroxylation is 1. The van der Waals surface area contributed by atoms with E-state index in [1.807, 2.05) is 6.07 Å². The van der Waals surface area contributed by atoms with E-state index in [0.29, 0.717) is 28.3 Å². The molecule has 1 aromatic carbocycles. The largest absolute Gasteiger partial charge is 0.348 e. The second-order valence-electron chi connectivity index (χ2n) is 6.67. The Morgan fingerprint density at radius 1 is 1.22 bits per heavy atom. The SMILES string of the molecule is C[C@@H]1[C@H](C)CCC[C@H]1NC(=O)c1nn(C)c(=O)c2ccccc12. The number of benzene rings is 1. The number of carbonyl (C=O) groups is 1. The third-order valence-electron chi connectivity index (χ3n) is 5.19. The summed E-state index contributed by atoms with van der Waals surface area (Å²) in [6.07, 6.45) is 3.35. The van der Waals surface area contributed by atoms with Crippen LogP contribution in [0.4, 0.5) is 0 Å². The maximum atomic E-state index is 12.8. The normalized spacial score (nSPS) is 24.6. The van der Waals surface area contributed by atoms with Gasteiger partial charge in [0.25, 0.3) is 11.5 Å². The van der Waals surface area contributed by atoms with Crippen molar-refractivity contribution in [2.75, 3.05) is 0 Å². The van der Waals surface area contributed by atoms with Crippen LogP contribution < -0.4 is 10.9 Å². The summed E-state index contributed by atoms with van der Waals surface area (Å²) < 4.78 is 1.24. The van der Waals surface area contributed by atoms with Crippen molar-refractivity contribution in [3.63, 3.8) is 0 Å². The van der Waals surface area contributed by atoms with Crippen LogP contribution in [-0.4, -0.2) is 21.7 Å². The third-order valence-corrected chi connectivity index (χ3v) is 5.19. The zero-order valence-corrected chi connectivity index (χ0v) is 13.9. The summed E-state index contributed by atoms with van der Waals surface area (Å²) in [5, 5.41) is 8.48. The van der Waals surface area contributed by atoms with E-state index in [9.17, 15) is 9.59 Å². The lowest BCUT2D eigenvalue weighted by Gasteiger charge is -2.34. The van der Waals surface area contributed by atoms with Crippen LogP contribution in [0.15, 0.2) is 29.1 Å². The Morgan fingerprint density at radius 3 is 2.65 bits per heavy atom. The van der Waals surface area contributed by atoms with E-state index in [4.69, 9.17) is 0 Å². The van der Waals surface area contributed by atoms with Gasteiger partial charge in [-0.25, -0.2) is 4.68 Å². The second kappa shape index (κ2) is 6.14. The molecule has 1 N–H and O–H groups in total. The molecular formula is C18H23N3O2. The molecule has 0 saturated heterocycles. The fourth-order valence-electron chi connectivity index (χ4n) is 3.49. The molecule has 1 fully saturated rings. The number of nitrogens with one attached hydrogen (secondary N) is 1. The molecule has 0 radical (unpaired) electrons. The van der Waals surface area contributed by atoms with Gasteiger partial charge in [-0.15, -0.1) is 0 Å². The minimum absolute atomic E-state index is 0.170. The molecule has 122 valence electrons. The average Bonchev–Trinajstić information content (AvgIpc) is 2.55. The standard InChI is InChI=1S/C18H23N3O2/c1-11-7-6-10-15(12(11)2)19-17(22)16-13-8-4-5-9-14(13)18(23)21(3)20-16/h4-5,8-9,11-12,15H,6-7,10H2,1-3H3,(H,19,22)/t11-,12-,15-/m1/s1. The van der Waals surface area contributed by atoms with E-state index in [-0.39, 0.29) is 17.5 Å². The van der Waals surface area contributed by atoms with Crippen LogP contribution in [-0.2, 0) is 7.05 Å². The molecule has 23 heavy (non-hydrogen) atoms. The second-order valence-corrected chi connectivity index (χ2v) is 6.67. The molecule has 0 unspecified atom stereocenters. The average molecular weight is 313 g/mol. The zero-order valence-electron chi connectivity index (χ0n) is 13.9. The maximum Gasteiger partial charge on any atom is 0.274 e. The number of fused-ring (bicyclic) bond motifs is 1. The Labute approximate surface area is 135 Å². The lowest BCUT2D eigenvalue weighted by molar-refractivity contribution is 0.0885. The Balaban J connectivity index is 1.95. The van der Waals surface area contributed by atoms with Crippen molar-refractivity contribution in [2.24, 2.45) is 18.9 Å². The number of carbonyl (C=O) groups excluding carboxylic acids is 1. The van der Waals surface area contributed by atoms with E-state index in [0.717, 1.165) is 12.8 Å². The molecule has 3 rings (SSSR count). The van der Waals surface area contributed by atoms with Gasteiger partial charge in [0.05, 0.1) is 5.39 Å². The number of rotatable bonds is 2. The Bertz CT molecular complexity index is 796. The van der Waals surface area contributed by atoms with Crippen molar-refractivity contribution >= 4 is 16.7 Å². The summed E-state index contributed by atoms with van der Waals surface area (Å²) in [6.45, 7) is 4.43. The van der Waals surface area contributed by atoms with Crippen molar-refractivity contribution in [2.45, 2.75) is 39.2 Å². The lowest BCUT2D eigenvalue weighted by Crippen LogP contribution is -2.44. The molecule has 0 bridgehead atoms. The van der Waals surface area contributed by atoms with Gasteiger partial charge in [-0.05, 0) is 24.3 Å². The van der Waals surface area contributed by atoms with Crippen LogP contribution in [0.3, 0.4) is 0 Å². The van der Waals surface area contributed by atoms with E-state index in [1.165, 1.54) is 11.1 Å². The quantitative estimate of drug-likeness (QED) is 0.926. The molecular weight excluding hydrogens is 290 g/mol. The van der Waals surface area contributed by atoms with Gasteiger partial charge in [-0.1, -0.05) is 44.9 Å². The van der Waals surface area contributed by atoms with Gasteiger partial charge in [-0.2, -0.15) is 5.10 Å². The van der Waals surface area contributed by atoms with Gasteiger partial charge in [0.1, 0.15) is 0 Å². The highest BCUT2D eigenvalue weighted by Gasteiger charge is 2.29. The number of aromatic nitrogens is 2. The third kappa shape index (κ3) is 2.87. The summed E-state index contributed by atoms with van der Waals surface area (Å²) in [5.74, 6) is 0.869. The monoisotopic (exact) mass is 313 g/mol. The van der Waals surface area contributed by atoms with E-state index >= 15 is 0 Å². The predicted molar refractivity (Wildman–Crippen MR) is 90.4 cm³/mol. The first-order valence-corrected chi connectivity index (χ1v) is 8.26. The van der Waals surface area contributed by atoms with Gasteiger partial charge < -0.3 is 5.32 Å². The van der Waals surface area contributed by atoms with Crippen LogP contribution in [0.1, 0.15) is 43.6 Å². The molecule has 5 heteroatoms. The molecule has 1 amide bonds. The summed E-state index contributed by atoms with van der Waals surface area (Å²) in [5.41, 5.74) is 0.143. The summed E-state index contributed by atoms with van der Waals surface area (Å²) in [6, 6.07) is 7.32. The van der Waals surface area contributed by atoms with Crippen molar-refractivity contribution in [1.29, 1.82) is 0 Å². The highest BCUT2D eigenvalue weighted by Crippen LogP contribution is 2.29. The van der Waals surface area contributed by atoms with E-state index in [1.54, 1.807) is 25.2 Å². The molecule has 2 aromatic rings. The molecule has 3 atom stereocenters. The summed E-state index contributed by atoms with van der Waals surface area (Å²) in [4.78, 5) is 24.9. The van der Waals surface area contributed by atoms with Crippen molar-refractivity contribution < 1.29 is 4.79 Å². The Hall–Kier alpha value is -2.17. The van der Waals surface area contributed by atoms with Gasteiger partial charge >= 0.3 is 0 Å². The van der Waals surface area contributed by atoms with Gasteiger partial charge in [0.15, 0.2) is 5.69 Å². The molecule has 1 aliphatic carbocycles. The van der Waals surface area contributed by atoms with E-state index < -0.39 is 0 Å². The van der Waals surface area contributed by atoms with Crippen LogP contribution in [0.25, 0.3) is 10.8 Å². The Kier molecular flexibility index (Phi) is 4.20. The molecule has 1 aromatic heterocycles. The van der Waals surface area contributed by atoms with Crippen LogP contribution in [0.5, 0.6) is 0 Å². The number of nitrogens with zero attached hydrogens (tertiary/aromatic N) is 2. The van der Waals surface area contributed by atoms with Crippen molar-refractivity contribution in [3.05, 3.63) is 40.3 Å². The number of amides is 1. The Morgan fingerprint density at radius 2 is 1.91 bits per heavy atom. The van der Waals surface area contributed by atoms with Crippen molar-refractivity contribution in [3.8, 4) is 0 Å². The molecule has 5 nitrogen and oxygen atoms in total. The zero-order chi connectivity index (χ0) is 16.6. The van der Waals surface area contributed by atoms with Crippen molar-refractivity contribution in [1.82, 2.24) is 15.1 Å². The molecule has 1 aliphatic rings. The minimum Gasteiger partial charge on any atom is -0.348 e. The fourth-order valence-corrected chi connectivity index (χ4v) is 3.49. The smallest absolute Gasteiger partial charge is 0.274 e. The first kappa shape index (κ1) is 15.7. The van der Waals surface area contributed by atoms with E-state index in [2.05, 4.69) is 24.3 Å². The molecule has 0 aliphatic heterocycles. The number of hydrogen-bond acceptors (Lipinski definition) is 3. The van der Waals surface area contributed by atoms with Crippen LogP contribution in [0.2, 0.25) is 0 Å². The topological polar surface area (TPSA) is 64.0 Å². The molecule has 1 heterocycles. The van der Waals surface area contributed by atoms with Gasteiger partial charge in [0, 0.05) is 18.5 Å². The van der Waals surface area contributed by atoms with Crippen LogP contribution in [0, 0.1) is 11.8 Å². The highest BCUT2D eigenvalue weighted by atomic mass is 16.2. The fraction of sp³-hybridized carbons (Fsp3) is 0.500. The predicted octanol–water partition coefficient (Wildman–Crippen LogP) is 2.49. The lowest BCUT2D eigenvalue weighted by atomic mass is 9.78. The first-order chi connectivity index (χ1) is 11.0. The first-order valence-electron chi connectivity index (χ1n) is 8.26. The van der Waals surface area contributed by atoms with Crippen LogP contribution >= 0.6 is 0 Å². The highest BCUT2D eigenvalue weighted by molar-refractivity contribution is 6.04. The molecule has 1 saturated carbocycles.